The molecule has 0 aliphatic carbocycles. The van der Waals surface area contributed by atoms with Gasteiger partial charge in [0, 0.05) is 9.99 Å². The number of carboxylic acid groups (broad SMARTS) is 1. The Hall–Kier alpha value is -1.11. The molecule has 1 rings (SSSR count). The predicted octanol–water partition coefficient (Wildman–Crippen LogP) is 2.49. The largest absolute Gasteiger partial charge is 0.481 e. The van der Waals surface area contributed by atoms with E-state index in [2.05, 4.69) is 22.6 Å². The number of aliphatic carboxylic acids is 1. The maximum Gasteiger partial charge on any atom is 0.338 e. The normalized spacial score (nSPS) is 10.0. The van der Waals surface area contributed by atoms with Gasteiger partial charge in [-0.05, 0) is 59.7 Å². The van der Waals surface area contributed by atoms with Crippen LogP contribution in [0.4, 0.5) is 0 Å². The van der Waals surface area contributed by atoms with Gasteiger partial charge < -0.3 is 9.84 Å². The smallest absolute Gasteiger partial charge is 0.338 e. The van der Waals surface area contributed by atoms with Gasteiger partial charge in [-0.1, -0.05) is 0 Å². The summed E-state index contributed by atoms with van der Waals surface area (Å²) in [6.45, 7) is 2.08. The lowest BCUT2D eigenvalue weighted by Crippen LogP contribution is -2.06. The van der Waals surface area contributed by atoms with E-state index in [0.29, 0.717) is 18.6 Å². The fourth-order valence-corrected chi connectivity index (χ4v) is 2.11. The summed E-state index contributed by atoms with van der Waals surface area (Å²) in [6.07, 6.45) is 0.473. The Morgan fingerprint density at radius 2 is 2.06 bits per heavy atom. The van der Waals surface area contributed by atoms with Crippen molar-refractivity contribution in [3.63, 3.8) is 0 Å². The average Bonchev–Trinajstić information content (AvgIpc) is 2.26. The van der Waals surface area contributed by atoms with Crippen molar-refractivity contribution in [2.75, 3.05) is 6.61 Å². The van der Waals surface area contributed by atoms with Gasteiger partial charge >= 0.3 is 11.9 Å². The Morgan fingerprint density at radius 1 is 1.35 bits per heavy atom. The molecule has 0 atom stereocenters. The quantitative estimate of drug-likeness (QED) is 0.656. The molecule has 0 aromatic heterocycles. The topological polar surface area (TPSA) is 63.6 Å². The lowest BCUT2D eigenvalue weighted by molar-refractivity contribution is -0.136. The van der Waals surface area contributed by atoms with Crippen LogP contribution in [0.2, 0.25) is 0 Å². The summed E-state index contributed by atoms with van der Waals surface area (Å²) in [7, 11) is 0. The van der Waals surface area contributed by atoms with Gasteiger partial charge in [-0.25, -0.2) is 4.79 Å². The van der Waals surface area contributed by atoms with Crippen molar-refractivity contribution in [1.82, 2.24) is 0 Å². The molecule has 4 nitrogen and oxygen atoms in total. The Kier molecular flexibility index (Phi) is 5.40. The van der Waals surface area contributed by atoms with Crippen molar-refractivity contribution in [3.8, 4) is 0 Å². The standard InChI is InChI=1S/C12H13IO4/c1-2-17-12(16)9-5-8(3-4-11(14)15)6-10(13)7-9/h5-7H,2-4H2,1H3,(H,14,15). The van der Waals surface area contributed by atoms with Crippen LogP contribution in [0.5, 0.6) is 0 Å². The molecule has 0 unspecified atom stereocenters. The molecular weight excluding hydrogens is 335 g/mol. The molecule has 1 aromatic rings. The highest BCUT2D eigenvalue weighted by molar-refractivity contribution is 14.1. The van der Waals surface area contributed by atoms with E-state index in [1.807, 2.05) is 6.07 Å². The second kappa shape index (κ2) is 6.58. The van der Waals surface area contributed by atoms with Gasteiger partial charge in [0.15, 0.2) is 0 Å². The lowest BCUT2D eigenvalue weighted by Gasteiger charge is -2.05. The molecule has 0 saturated heterocycles. The molecular formula is C12H13IO4. The predicted molar refractivity (Wildman–Crippen MR) is 71.1 cm³/mol. The summed E-state index contributed by atoms with van der Waals surface area (Å²) in [5.74, 6) is -1.22. The first-order valence-corrected chi connectivity index (χ1v) is 6.29. The molecule has 0 spiro atoms. The molecule has 0 amide bonds. The van der Waals surface area contributed by atoms with Gasteiger partial charge in [-0.15, -0.1) is 0 Å². The van der Waals surface area contributed by atoms with Crippen LogP contribution in [0, 0.1) is 3.57 Å². The number of carbonyl (C=O) groups excluding carboxylic acids is 1. The molecule has 1 aromatic carbocycles. The number of esters is 1. The average molecular weight is 348 g/mol. The molecule has 0 radical (unpaired) electrons. The molecule has 0 saturated carbocycles. The zero-order chi connectivity index (χ0) is 12.8. The number of hydrogen-bond donors (Lipinski definition) is 1. The van der Waals surface area contributed by atoms with Crippen LogP contribution in [0.3, 0.4) is 0 Å². The lowest BCUT2D eigenvalue weighted by atomic mass is 10.1. The SMILES string of the molecule is CCOC(=O)c1cc(I)cc(CCC(=O)O)c1. The van der Waals surface area contributed by atoms with E-state index in [9.17, 15) is 9.59 Å². The van der Waals surface area contributed by atoms with Crippen molar-refractivity contribution in [2.45, 2.75) is 19.8 Å². The minimum atomic E-state index is -0.846. The van der Waals surface area contributed by atoms with Gasteiger partial charge in [0.25, 0.3) is 0 Å². The molecule has 0 aliphatic heterocycles. The van der Waals surface area contributed by atoms with Crippen molar-refractivity contribution < 1.29 is 19.4 Å². The third-order valence-electron chi connectivity index (χ3n) is 2.10. The Morgan fingerprint density at radius 3 is 2.65 bits per heavy atom. The number of halogens is 1. The van der Waals surface area contributed by atoms with Crippen LogP contribution >= 0.6 is 22.6 Å². The van der Waals surface area contributed by atoms with E-state index in [-0.39, 0.29) is 12.4 Å². The maximum atomic E-state index is 11.5. The summed E-state index contributed by atoms with van der Waals surface area (Å²) in [5, 5.41) is 8.61. The summed E-state index contributed by atoms with van der Waals surface area (Å²) in [4.78, 5) is 22.0. The first-order chi connectivity index (χ1) is 8.02. The summed E-state index contributed by atoms with van der Waals surface area (Å²) in [5.41, 5.74) is 1.31. The van der Waals surface area contributed by atoms with Gasteiger partial charge in [0.1, 0.15) is 0 Å². The van der Waals surface area contributed by atoms with Crippen molar-refractivity contribution >= 4 is 34.5 Å². The van der Waals surface area contributed by atoms with Crippen LogP contribution in [0.1, 0.15) is 29.3 Å². The first-order valence-electron chi connectivity index (χ1n) is 5.21. The van der Waals surface area contributed by atoms with Crippen LogP contribution in [-0.2, 0) is 16.0 Å². The van der Waals surface area contributed by atoms with Crippen molar-refractivity contribution in [2.24, 2.45) is 0 Å². The Labute approximate surface area is 113 Å². The van der Waals surface area contributed by atoms with E-state index >= 15 is 0 Å². The number of hydrogen-bond acceptors (Lipinski definition) is 3. The van der Waals surface area contributed by atoms with Crippen LogP contribution in [-0.4, -0.2) is 23.7 Å². The van der Waals surface area contributed by atoms with Gasteiger partial charge in [0.05, 0.1) is 12.2 Å². The summed E-state index contributed by atoms with van der Waals surface area (Å²) < 4.78 is 5.80. The van der Waals surface area contributed by atoms with E-state index in [1.54, 1.807) is 19.1 Å². The molecule has 0 heterocycles. The monoisotopic (exact) mass is 348 g/mol. The summed E-state index contributed by atoms with van der Waals surface area (Å²) in [6, 6.07) is 5.28. The van der Waals surface area contributed by atoms with Crippen molar-refractivity contribution in [3.05, 3.63) is 32.9 Å². The van der Waals surface area contributed by atoms with Gasteiger partial charge in [0.2, 0.25) is 0 Å². The van der Waals surface area contributed by atoms with Gasteiger partial charge in [-0.2, -0.15) is 0 Å². The minimum Gasteiger partial charge on any atom is -0.481 e. The highest BCUT2D eigenvalue weighted by Gasteiger charge is 2.09. The number of aryl methyl sites for hydroxylation is 1. The molecule has 0 bridgehead atoms. The number of ether oxygens (including phenoxy) is 1. The van der Waals surface area contributed by atoms with Gasteiger partial charge in [-0.3, -0.25) is 4.79 Å². The molecule has 0 aliphatic rings. The maximum absolute atomic E-state index is 11.5. The number of benzene rings is 1. The Bertz CT molecular complexity index is 429. The number of rotatable bonds is 5. The zero-order valence-electron chi connectivity index (χ0n) is 9.40. The van der Waals surface area contributed by atoms with Crippen LogP contribution in [0.25, 0.3) is 0 Å². The third kappa shape index (κ3) is 4.72. The molecule has 0 fully saturated rings. The van der Waals surface area contributed by atoms with E-state index < -0.39 is 5.97 Å². The second-order valence-electron chi connectivity index (χ2n) is 3.46. The molecule has 92 valence electrons. The van der Waals surface area contributed by atoms with E-state index in [0.717, 1.165) is 9.13 Å². The summed E-state index contributed by atoms with van der Waals surface area (Å²) >= 11 is 2.09. The highest BCUT2D eigenvalue weighted by atomic mass is 127. The molecule has 5 heteroatoms. The fraction of sp³-hybridized carbons (Fsp3) is 0.333. The number of carbonyl (C=O) groups is 2. The second-order valence-corrected chi connectivity index (χ2v) is 4.71. The molecule has 17 heavy (non-hydrogen) atoms. The Balaban J connectivity index is 2.86. The van der Waals surface area contributed by atoms with Crippen LogP contribution < -0.4 is 0 Å². The van der Waals surface area contributed by atoms with E-state index in [4.69, 9.17) is 9.84 Å². The highest BCUT2D eigenvalue weighted by Crippen LogP contribution is 2.15. The zero-order valence-corrected chi connectivity index (χ0v) is 11.6. The first kappa shape index (κ1) is 14.0. The van der Waals surface area contributed by atoms with Crippen molar-refractivity contribution in [1.29, 1.82) is 0 Å². The third-order valence-corrected chi connectivity index (χ3v) is 2.72. The minimum absolute atomic E-state index is 0.0579. The fourth-order valence-electron chi connectivity index (χ4n) is 1.38. The van der Waals surface area contributed by atoms with Crippen LogP contribution in [0.15, 0.2) is 18.2 Å². The number of carboxylic acids is 1. The van der Waals surface area contributed by atoms with E-state index in [1.165, 1.54) is 0 Å². The molecule has 1 N–H and O–H groups in total.